The molecule has 1 atom stereocenters. The van der Waals surface area contributed by atoms with E-state index in [1.807, 2.05) is 0 Å². The number of anilines is 1. The van der Waals surface area contributed by atoms with Gasteiger partial charge in [0.15, 0.2) is 0 Å². The predicted octanol–water partition coefficient (Wildman–Crippen LogP) is 2.53. The number of phenolic OH excluding ortho intramolecular Hbond substituents is 2. The lowest BCUT2D eigenvalue weighted by Gasteiger charge is -2.32. The molecule has 1 aliphatic rings. The number of hydrogen-bond donors (Lipinski definition) is 3. The number of rotatable bonds is 5. The SMILES string of the molecule is O=C(O)C(Cc1ccc(O)cc1)N(C1=NC=C1)c1ccc(O)cc1. The molecular weight excluding hydrogens is 308 g/mol. The van der Waals surface area contributed by atoms with Gasteiger partial charge in [0.05, 0.1) is 0 Å². The summed E-state index contributed by atoms with van der Waals surface area (Å²) in [6.07, 6.45) is 3.57. The van der Waals surface area contributed by atoms with Crippen molar-refractivity contribution in [2.24, 2.45) is 4.99 Å². The highest BCUT2D eigenvalue weighted by Gasteiger charge is 2.30. The Kier molecular flexibility index (Phi) is 4.20. The van der Waals surface area contributed by atoms with E-state index < -0.39 is 12.0 Å². The van der Waals surface area contributed by atoms with Crippen molar-refractivity contribution in [3.05, 3.63) is 66.4 Å². The molecule has 3 N–H and O–H groups in total. The fourth-order valence-corrected chi connectivity index (χ4v) is 2.51. The number of carboxylic acids is 1. The minimum atomic E-state index is -0.987. The normalized spacial score (nSPS) is 13.8. The van der Waals surface area contributed by atoms with Crippen LogP contribution in [0.5, 0.6) is 11.5 Å². The first-order valence-electron chi connectivity index (χ1n) is 7.38. The maximum absolute atomic E-state index is 11.9. The van der Waals surface area contributed by atoms with Crippen LogP contribution >= 0.6 is 0 Å². The smallest absolute Gasteiger partial charge is 0.327 e. The number of amidine groups is 1. The molecule has 0 radical (unpaired) electrons. The lowest BCUT2D eigenvalue weighted by Crippen LogP contribution is -2.47. The van der Waals surface area contributed by atoms with Crippen LogP contribution in [0.15, 0.2) is 65.8 Å². The lowest BCUT2D eigenvalue weighted by molar-refractivity contribution is -0.138. The van der Waals surface area contributed by atoms with Gasteiger partial charge in [-0.15, -0.1) is 0 Å². The first-order valence-corrected chi connectivity index (χ1v) is 7.38. The van der Waals surface area contributed by atoms with Gasteiger partial charge in [0.1, 0.15) is 23.4 Å². The number of aliphatic imine (C=N–C) groups is 1. The highest BCUT2D eigenvalue weighted by atomic mass is 16.4. The maximum Gasteiger partial charge on any atom is 0.327 e. The standard InChI is InChI=1S/C18H16N2O4/c21-14-5-1-12(2-6-14)11-16(18(23)24)20(17-9-10-19-17)13-3-7-15(22)8-4-13/h1-10,16,21-22H,11H2,(H,23,24). The van der Waals surface area contributed by atoms with E-state index in [-0.39, 0.29) is 17.9 Å². The molecule has 0 fully saturated rings. The summed E-state index contributed by atoms with van der Waals surface area (Å²) in [6.45, 7) is 0. The number of hydrogen-bond acceptors (Lipinski definition) is 5. The van der Waals surface area contributed by atoms with Crippen molar-refractivity contribution in [2.45, 2.75) is 12.5 Å². The van der Waals surface area contributed by atoms with Gasteiger partial charge < -0.3 is 20.2 Å². The van der Waals surface area contributed by atoms with Crippen LogP contribution in [0.4, 0.5) is 5.69 Å². The monoisotopic (exact) mass is 324 g/mol. The Bertz CT molecular complexity index is 795. The van der Waals surface area contributed by atoms with Crippen molar-refractivity contribution < 1.29 is 20.1 Å². The summed E-state index contributed by atoms with van der Waals surface area (Å²) in [5, 5.41) is 28.5. The number of benzene rings is 2. The summed E-state index contributed by atoms with van der Waals surface area (Å²) in [5.41, 5.74) is 1.41. The third-order valence-electron chi connectivity index (χ3n) is 3.77. The molecule has 0 amide bonds. The van der Waals surface area contributed by atoms with Crippen LogP contribution in [-0.2, 0) is 11.2 Å². The van der Waals surface area contributed by atoms with Crippen LogP contribution < -0.4 is 4.90 Å². The molecule has 3 rings (SSSR count). The molecule has 6 nitrogen and oxygen atoms in total. The summed E-state index contributed by atoms with van der Waals surface area (Å²) < 4.78 is 0. The topological polar surface area (TPSA) is 93.4 Å². The summed E-state index contributed by atoms with van der Waals surface area (Å²) in [4.78, 5) is 17.6. The third kappa shape index (κ3) is 3.22. The Morgan fingerprint density at radius 3 is 2.00 bits per heavy atom. The van der Waals surface area contributed by atoms with E-state index in [0.717, 1.165) is 5.56 Å². The van der Waals surface area contributed by atoms with Crippen LogP contribution in [0.25, 0.3) is 0 Å². The van der Waals surface area contributed by atoms with Gasteiger partial charge in [-0.3, -0.25) is 0 Å². The molecule has 1 aliphatic heterocycles. The van der Waals surface area contributed by atoms with Gasteiger partial charge in [0.2, 0.25) is 0 Å². The van der Waals surface area contributed by atoms with Crippen LogP contribution in [0.1, 0.15) is 5.56 Å². The predicted molar refractivity (Wildman–Crippen MR) is 90.4 cm³/mol. The number of nitrogens with zero attached hydrogens (tertiary/aromatic N) is 2. The van der Waals surface area contributed by atoms with E-state index in [9.17, 15) is 20.1 Å². The third-order valence-corrected chi connectivity index (χ3v) is 3.77. The molecule has 1 heterocycles. The van der Waals surface area contributed by atoms with Crippen LogP contribution in [0.3, 0.4) is 0 Å². The first kappa shape index (κ1) is 15.6. The van der Waals surface area contributed by atoms with E-state index in [1.54, 1.807) is 41.4 Å². The van der Waals surface area contributed by atoms with E-state index >= 15 is 0 Å². The van der Waals surface area contributed by atoms with Crippen molar-refractivity contribution in [1.82, 2.24) is 0 Å². The second-order valence-electron chi connectivity index (χ2n) is 5.41. The van der Waals surface area contributed by atoms with Crippen LogP contribution in [0, 0.1) is 0 Å². The minimum absolute atomic E-state index is 0.107. The lowest BCUT2D eigenvalue weighted by atomic mass is 10.0. The molecule has 0 aromatic heterocycles. The number of phenols is 2. The Balaban J connectivity index is 1.94. The highest BCUT2D eigenvalue weighted by molar-refractivity contribution is 6.11. The summed E-state index contributed by atoms with van der Waals surface area (Å²) in [5.74, 6) is -0.200. The Hall–Kier alpha value is -3.28. The van der Waals surface area contributed by atoms with Crippen molar-refractivity contribution in [2.75, 3.05) is 4.90 Å². The van der Waals surface area contributed by atoms with Crippen LogP contribution in [-0.4, -0.2) is 33.2 Å². The van der Waals surface area contributed by atoms with Gasteiger partial charge in [-0.05, 0) is 48.0 Å². The fourth-order valence-electron chi connectivity index (χ4n) is 2.51. The number of aliphatic carboxylic acids is 1. The van der Waals surface area contributed by atoms with E-state index in [2.05, 4.69) is 4.99 Å². The highest BCUT2D eigenvalue weighted by Crippen LogP contribution is 2.25. The average molecular weight is 324 g/mol. The van der Waals surface area contributed by atoms with Crippen LogP contribution in [0.2, 0.25) is 0 Å². The average Bonchev–Trinajstić information content (AvgIpc) is 2.51. The first-order chi connectivity index (χ1) is 11.5. The van der Waals surface area contributed by atoms with Gasteiger partial charge >= 0.3 is 5.97 Å². The zero-order chi connectivity index (χ0) is 17.1. The Morgan fingerprint density at radius 1 is 1.00 bits per heavy atom. The molecule has 2 aromatic carbocycles. The zero-order valence-electron chi connectivity index (χ0n) is 12.7. The second-order valence-corrected chi connectivity index (χ2v) is 5.41. The van der Waals surface area contributed by atoms with Gasteiger partial charge in [0.25, 0.3) is 0 Å². The number of carbonyl (C=O) groups is 1. The molecule has 24 heavy (non-hydrogen) atoms. The van der Waals surface area contributed by atoms with Gasteiger partial charge in [0, 0.05) is 18.3 Å². The zero-order valence-corrected chi connectivity index (χ0v) is 12.7. The Morgan fingerprint density at radius 2 is 1.54 bits per heavy atom. The second kappa shape index (κ2) is 6.45. The minimum Gasteiger partial charge on any atom is -0.508 e. The summed E-state index contributed by atoms with van der Waals surface area (Å²) >= 11 is 0. The molecule has 0 bridgehead atoms. The van der Waals surface area contributed by atoms with Crippen molar-refractivity contribution in [1.29, 1.82) is 0 Å². The largest absolute Gasteiger partial charge is 0.508 e. The van der Waals surface area contributed by atoms with Gasteiger partial charge in [-0.2, -0.15) is 0 Å². The molecular formula is C18H16N2O4. The van der Waals surface area contributed by atoms with Gasteiger partial charge in [-0.1, -0.05) is 12.1 Å². The molecule has 0 saturated carbocycles. The molecule has 0 aliphatic carbocycles. The molecule has 0 spiro atoms. The quantitative estimate of drug-likeness (QED) is 0.786. The summed E-state index contributed by atoms with van der Waals surface area (Å²) in [7, 11) is 0. The fraction of sp³-hybridized carbons (Fsp3) is 0.111. The maximum atomic E-state index is 11.9. The molecule has 122 valence electrons. The molecule has 6 heteroatoms. The number of carboxylic acid groups (broad SMARTS) is 1. The number of aromatic hydroxyl groups is 2. The van der Waals surface area contributed by atoms with Crippen molar-refractivity contribution in [3.8, 4) is 11.5 Å². The molecule has 1 unspecified atom stereocenters. The van der Waals surface area contributed by atoms with Crippen molar-refractivity contribution in [3.63, 3.8) is 0 Å². The molecule has 0 saturated heterocycles. The van der Waals surface area contributed by atoms with E-state index in [4.69, 9.17) is 0 Å². The summed E-state index contributed by atoms with van der Waals surface area (Å²) in [6, 6.07) is 11.9. The van der Waals surface area contributed by atoms with E-state index in [1.165, 1.54) is 24.3 Å². The van der Waals surface area contributed by atoms with E-state index in [0.29, 0.717) is 11.5 Å². The van der Waals surface area contributed by atoms with Gasteiger partial charge in [-0.25, -0.2) is 9.79 Å². The Labute approximate surface area is 138 Å². The van der Waals surface area contributed by atoms with Crippen molar-refractivity contribution >= 4 is 17.5 Å². The molecule has 2 aromatic rings.